The molecule has 0 spiro atoms. The Morgan fingerprint density at radius 2 is 2.20 bits per heavy atom. The van der Waals surface area contributed by atoms with Gasteiger partial charge >= 0.3 is 5.97 Å². The van der Waals surface area contributed by atoms with Gasteiger partial charge in [0.2, 0.25) is 0 Å². The van der Waals surface area contributed by atoms with Gasteiger partial charge in [0, 0.05) is 9.85 Å². The van der Waals surface area contributed by atoms with Crippen molar-refractivity contribution in [2.24, 2.45) is 5.41 Å². The van der Waals surface area contributed by atoms with Crippen molar-refractivity contribution in [2.45, 2.75) is 0 Å². The number of hydrogen-bond donors (Lipinski definition) is 1. The third-order valence-electron chi connectivity index (χ3n) is 2.33. The lowest BCUT2D eigenvalue weighted by molar-refractivity contribution is -0.168. The summed E-state index contributed by atoms with van der Waals surface area (Å²) in [6.07, 6.45) is 0. The minimum absolute atomic E-state index is 0.0311. The van der Waals surface area contributed by atoms with E-state index in [9.17, 15) is 9.59 Å². The number of halogens is 1. The molecule has 2 rings (SSSR count). The number of ether oxygens (including phenoxy) is 1. The van der Waals surface area contributed by atoms with E-state index in [-0.39, 0.29) is 19.0 Å². The molecule has 1 aliphatic rings. The van der Waals surface area contributed by atoms with Crippen molar-refractivity contribution in [3.05, 3.63) is 20.8 Å². The number of carbonyl (C=O) groups excluding carboxylic acids is 1. The van der Waals surface area contributed by atoms with Gasteiger partial charge in [0.1, 0.15) is 0 Å². The van der Waals surface area contributed by atoms with Crippen LogP contribution in [0.25, 0.3) is 0 Å². The third-order valence-corrected chi connectivity index (χ3v) is 4.02. The van der Waals surface area contributed by atoms with E-state index in [1.807, 2.05) is 0 Å². The molecule has 1 aliphatic heterocycles. The van der Waals surface area contributed by atoms with E-state index in [0.29, 0.717) is 4.88 Å². The van der Waals surface area contributed by atoms with E-state index < -0.39 is 11.4 Å². The van der Waals surface area contributed by atoms with Gasteiger partial charge in [0.15, 0.2) is 11.2 Å². The normalized spacial score (nSPS) is 18.2. The molecule has 1 aromatic heterocycles. The van der Waals surface area contributed by atoms with Crippen molar-refractivity contribution in [1.29, 1.82) is 0 Å². The van der Waals surface area contributed by atoms with Crippen molar-refractivity contribution in [3.8, 4) is 0 Å². The van der Waals surface area contributed by atoms with Crippen LogP contribution in [-0.2, 0) is 9.53 Å². The number of Topliss-reactive ketones (excluding diaryl/α,β-unsaturated/α-hetero) is 1. The summed E-state index contributed by atoms with van der Waals surface area (Å²) in [5.41, 5.74) is -1.36. The summed E-state index contributed by atoms with van der Waals surface area (Å²) in [5, 5.41) is 10.8. The van der Waals surface area contributed by atoms with Crippen LogP contribution in [0.5, 0.6) is 0 Å². The lowest BCUT2D eigenvalue weighted by atomic mass is 9.81. The zero-order valence-electron chi connectivity index (χ0n) is 7.53. The quantitative estimate of drug-likeness (QED) is 0.681. The number of carbonyl (C=O) groups is 2. The maximum atomic E-state index is 11.9. The molecular weight excluding hydrogens is 284 g/mol. The molecule has 0 bridgehead atoms. The maximum Gasteiger partial charge on any atom is 0.322 e. The first-order valence-corrected chi connectivity index (χ1v) is 5.83. The molecule has 0 radical (unpaired) electrons. The van der Waals surface area contributed by atoms with Crippen LogP contribution in [0.3, 0.4) is 0 Å². The zero-order valence-corrected chi connectivity index (χ0v) is 9.93. The second-order valence-corrected chi connectivity index (χ2v) is 5.17. The van der Waals surface area contributed by atoms with Crippen LogP contribution in [0.15, 0.2) is 15.9 Å². The second-order valence-electron chi connectivity index (χ2n) is 3.34. The van der Waals surface area contributed by atoms with Crippen molar-refractivity contribution >= 4 is 39.0 Å². The lowest BCUT2D eigenvalue weighted by Crippen LogP contribution is -2.54. The first kappa shape index (κ1) is 10.8. The number of thiophene rings is 1. The van der Waals surface area contributed by atoms with E-state index in [2.05, 4.69) is 15.9 Å². The van der Waals surface area contributed by atoms with Gasteiger partial charge in [-0.2, -0.15) is 0 Å². The molecule has 1 saturated heterocycles. The van der Waals surface area contributed by atoms with E-state index in [4.69, 9.17) is 9.84 Å². The Balaban J connectivity index is 2.31. The first-order valence-electron chi connectivity index (χ1n) is 4.16. The summed E-state index contributed by atoms with van der Waals surface area (Å²) in [6, 6.07) is 1.63. The van der Waals surface area contributed by atoms with Gasteiger partial charge in [-0.05, 0) is 22.0 Å². The van der Waals surface area contributed by atoms with Crippen LogP contribution in [0, 0.1) is 5.41 Å². The first-order chi connectivity index (χ1) is 7.06. The molecule has 0 amide bonds. The highest BCUT2D eigenvalue weighted by molar-refractivity contribution is 9.10. The predicted octanol–water partition coefficient (Wildman–Crippen LogP) is 1.79. The number of carboxylic acid groups (broad SMARTS) is 1. The van der Waals surface area contributed by atoms with Crippen molar-refractivity contribution in [2.75, 3.05) is 13.2 Å². The molecule has 2 heterocycles. The van der Waals surface area contributed by atoms with Gasteiger partial charge in [-0.25, -0.2) is 0 Å². The smallest absolute Gasteiger partial charge is 0.322 e. The summed E-state index contributed by atoms with van der Waals surface area (Å²) >= 11 is 4.46. The van der Waals surface area contributed by atoms with Gasteiger partial charge < -0.3 is 9.84 Å². The third kappa shape index (κ3) is 1.62. The average Bonchev–Trinajstić information content (AvgIpc) is 2.48. The molecule has 1 aromatic rings. The molecule has 80 valence electrons. The van der Waals surface area contributed by atoms with Crippen LogP contribution in [0.4, 0.5) is 0 Å². The Morgan fingerprint density at radius 3 is 2.53 bits per heavy atom. The largest absolute Gasteiger partial charge is 0.480 e. The van der Waals surface area contributed by atoms with Crippen molar-refractivity contribution in [3.63, 3.8) is 0 Å². The Bertz CT molecular complexity index is 422. The molecular formula is C9H7BrO4S. The topological polar surface area (TPSA) is 63.6 Å². The fourth-order valence-electron chi connectivity index (χ4n) is 1.33. The van der Waals surface area contributed by atoms with Crippen LogP contribution in [-0.4, -0.2) is 30.1 Å². The fraction of sp³-hybridized carbons (Fsp3) is 0.333. The monoisotopic (exact) mass is 290 g/mol. The minimum atomic E-state index is -1.36. The number of carboxylic acids is 1. The summed E-state index contributed by atoms with van der Waals surface area (Å²) < 4.78 is 5.63. The number of ketones is 1. The Morgan fingerprint density at radius 1 is 1.53 bits per heavy atom. The molecule has 0 saturated carbocycles. The molecule has 1 N–H and O–H groups in total. The highest BCUT2D eigenvalue weighted by atomic mass is 79.9. The molecule has 15 heavy (non-hydrogen) atoms. The fourth-order valence-corrected chi connectivity index (χ4v) is 2.79. The lowest BCUT2D eigenvalue weighted by Gasteiger charge is -2.35. The van der Waals surface area contributed by atoms with E-state index in [0.717, 1.165) is 4.47 Å². The number of aliphatic carboxylic acids is 1. The maximum absolute atomic E-state index is 11.9. The summed E-state index contributed by atoms with van der Waals surface area (Å²) in [4.78, 5) is 23.4. The average molecular weight is 291 g/mol. The predicted molar refractivity (Wildman–Crippen MR) is 57.2 cm³/mol. The van der Waals surface area contributed by atoms with Crippen molar-refractivity contribution < 1.29 is 19.4 Å². The molecule has 6 heteroatoms. The van der Waals surface area contributed by atoms with Gasteiger partial charge in [-0.15, -0.1) is 11.3 Å². The minimum Gasteiger partial charge on any atom is -0.480 e. The Hall–Kier alpha value is -0.720. The Kier molecular flexibility index (Phi) is 2.66. The van der Waals surface area contributed by atoms with Crippen LogP contribution in [0.2, 0.25) is 0 Å². The van der Waals surface area contributed by atoms with Gasteiger partial charge in [0.05, 0.1) is 18.1 Å². The second kappa shape index (κ2) is 3.70. The molecule has 0 unspecified atom stereocenters. The highest BCUT2D eigenvalue weighted by Gasteiger charge is 2.53. The number of hydrogen-bond acceptors (Lipinski definition) is 4. The van der Waals surface area contributed by atoms with Crippen molar-refractivity contribution in [1.82, 2.24) is 0 Å². The van der Waals surface area contributed by atoms with Crippen LogP contribution in [0.1, 0.15) is 9.67 Å². The zero-order chi connectivity index (χ0) is 11.1. The van der Waals surface area contributed by atoms with Gasteiger partial charge in [0.25, 0.3) is 0 Å². The van der Waals surface area contributed by atoms with Gasteiger partial charge in [-0.1, -0.05) is 0 Å². The van der Waals surface area contributed by atoms with E-state index >= 15 is 0 Å². The Labute approximate surface area is 98.0 Å². The standard InChI is InChI=1S/C9H7BrO4S/c10-5-1-6(15-2-5)7(11)9(8(12)13)3-14-4-9/h1-2H,3-4H2,(H,12,13). The van der Waals surface area contributed by atoms with Crippen LogP contribution >= 0.6 is 27.3 Å². The summed E-state index contributed by atoms with van der Waals surface area (Å²) in [7, 11) is 0. The van der Waals surface area contributed by atoms with E-state index in [1.165, 1.54) is 11.3 Å². The van der Waals surface area contributed by atoms with Gasteiger partial charge in [-0.3, -0.25) is 9.59 Å². The van der Waals surface area contributed by atoms with E-state index in [1.54, 1.807) is 11.4 Å². The summed E-state index contributed by atoms with van der Waals surface area (Å²) in [6.45, 7) is -0.0621. The molecule has 4 nitrogen and oxygen atoms in total. The SMILES string of the molecule is O=C(O)C1(C(=O)c2cc(Br)cs2)COC1. The number of rotatable bonds is 3. The summed E-state index contributed by atoms with van der Waals surface area (Å²) in [5.74, 6) is -1.47. The molecule has 1 fully saturated rings. The molecule has 0 aliphatic carbocycles. The highest BCUT2D eigenvalue weighted by Crippen LogP contribution is 2.34. The molecule has 0 aromatic carbocycles. The van der Waals surface area contributed by atoms with Crippen LogP contribution < -0.4 is 0 Å². The molecule has 0 atom stereocenters.